The number of H-pyrrole nitrogens is 1. The lowest BCUT2D eigenvalue weighted by molar-refractivity contribution is 0.0703. The summed E-state index contributed by atoms with van der Waals surface area (Å²) in [6, 6.07) is 0.480. The Kier molecular flexibility index (Phi) is 2.87. The van der Waals surface area contributed by atoms with Gasteiger partial charge in [0.15, 0.2) is 5.82 Å². The molecule has 3 rings (SSSR count). The number of carbonyl (C=O) groups is 1. The molecule has 0 aliphatic heterocycles. The van der Waals surface area contributed by atoms with E-state index in [0.29, 0.717) is 11.9 Å². The summed E-state index contributed by atoms with van der Waals surface area (Å²) in [4.78, 5) is 21.4. The number of nitrogens with one attached hydrogen (secondary N) is 1. The van der Waals surface area contributed by atoms with Crippen molar-refractivity contribution in [1.82, 2.24) is 14.9 Å². The number of imidazole rings is 1. The van der Waals surface area contributed by atoms with E-state index in [4.69, 9.17) is 0 Å². The van der Waals surface area contributed by atoms with Crippen molar-refractivity contribution >= 4 is 5.91 Å². The van der Waals surface area contributed by atoms with Crippen LogP contribution in [0.2, 0.25) is 0 Å². The minimum Gasteiger partial charge on any atom is -0.341 e. The zero-order valence-corrected chi connectivity index (χ0v) is 10.1. The summed E-state index contributed by atoms with van der Waals surface area (Å²) in [7, 11) is 0. The lowest BCUT2D eigenvalue weighted by Gasteiger charge is -2.24. The fraction of sp³-hybridized carbons (Fsp3) is 0.692. The van der Waals surface area contributed by atoms with Crippen LogP contribution in [0.1, 0.15) is 49.1 Å². The van der Waals surface area contributed by atoms with E-state index in [2.05, 4.69) is 14.9 Å². The van der Waals surface area contributed by atoms with Crippen LogP contribution >= 0.6 is 0 Å². The maximum absolute atomic E-state index is 12.3. The second-order valence-corrected chi connectivity index (χ2v) is 5.28. The van der Waals surface area contributed by atoms with Crippen molar-refractivity contribution in [3.05, 3.63) is 18.2 Å². The van der Waals surface area contributed by atoms with E-state index in [1.165, 1.54) is 38.5 Å². The third-order valence-electron chi connectivity index (χ3n) is 3.88. The van der Waals surface area contributed by atoms with Crippen molar-refractivity contribution in [3.8, 4) is 0 Å². The molecule has 0 spiro atoms. The Morgan fingerprint density at radius 2 is 2.12 bits per heavy atom. The molecule has 17 heavy (non-hydrogen) atoms. The highest BCUT2D eigenvalue weighted by Gasteiger charge is 2.35. The Bertz CT molecular complexity index is 377. The van der Waals surface area contributed by atoms with Gasteiger partial charge in [0.25, 0.3) is 5.91 Å². The third kappa shape index (κ3) is 2.35. The van der Waals surface area contributed by atoms with Crippen LogP contribution in [-0.2, 0) is 0 Å². The topological polar surface area (TPSA) is 49.0 Å². The first-order valence-electron chi connectivity index (χ1n) is 6.65. The maximum atomic E-state index is 12.3. The van der Waals surface area contributed by atoms with Gasteiger partial charge in [-0.3, -0.25) is 4.79 Å². The summed E-state index contributed by atoms with van der Waals surface area (Å²) >= 11 is 0. The van der Waals surface area contributed by atoms with Crippen LogP contribution in [0.15, 0.2) is 12.4 Å². The molecule has 0 unspecified atom stereocenters. The molecule has 0 radical (unpaired) electrons. The molecule has 4 heteroatoms. The van der Waals surface area contributed by atoms with E-state index >= 15 is 0 Å². The molecule has 2 aliphatic carbocycles. The first-order valence-corrected chi connectivity index (χ1v) is 6.65. The molecule has 0 saturated heterocycles. The quantitative estimate of drug-likeness (QED) is 0.866. The smallest absolute Gasteiger partial charge is 0.289 e. The number of aromatic amines is 1. The number of carbonyl (C=O) groups excluding carboxylic acids is 1. The predicted molar refractivity (Wildman–Crippen MR) is 64.6 cm³/mol. The van der Waals surface area contributed by atoms with E-state index in [-0.39, 0.29) is 5.91 Å². The van der Waals surface area contributed by atoms with Crippen LogP contribution in [-0.4, -0.2) is 33.4 Å². The molecule has 1 N–H and O–H groups in total. The second kappa shape index (κ2) is 4.51. The molecule has 2 fully saturated rings. The van der Waals surface area contributed by atoms with Crippen molar-refractivity contribution in [2.45, 2.75) is 44.6 Å². The molecule has 1 amide bonds. The van der Waals surface area contributed by atoms with Gasteiger partial charge in [-0.2, -0.15) is 0 Å². The monoisotopic (exact) mass is 233 g/mol. The largest absolute Gasteiger partial charge is 0.341 e. The van der Waals surface area contributed by atoms with Crippen molar-refractivity contribution in [2.24, 2.45) is 5.92 Å². The van der Waals surface area contributed by atoms with Gasteiger partial charge in [0.05, 0.1) is 0 Å². The van der Waals surface area contributed by atoms with Crippen molar-refractivity contribution in [3.63, 3.8) is 0 Å². The van der Waals surface area contributed by atoms with Gasteiger partial charge in [0.1, 0.15) is 0 Å². The molecule has 0 atom stereocenters. The predicted octanol–water partition coefficient (Wildman–Crippen LogP) is 2.20. The highest BCUT2D eigenvalue weighted by atomic mass is 16.2. The molecule has 2 aliphatic rings. The Morgan fingerprint density at radius 1 is 1.35 bits per heavy atom. The van der Waals surface area contributed by atoms with Gasteiger partial charge in [0.2, 0.25) is 0 Å². The van der Waals surface area contributed by atoms with Crippen molar-refractivity contribution in [2.75, 3.05) is 6.54 Å². The number of rotatable bonds is 4. The number of amides is 1. The van der Waals surface area contributed by atoms with Crippen LogP contribution in [0.3, 0.4) is 0 Å². The molecule has 1 heterocycles. The summed E-state index contributed by atoms with van der Waals surface area (Å²) in [5, 5.41) is 0. The lowest BCUT2D eigenvalue weighted by Crippen LogP contribution is -2.37. The summed E-state index contributed by atoms with van der Waals surface area (Å²) in [6.07, 6.45) is 10.9. The number of aromatic nitrogens is 2. The van der Waals surface area contributed by atoms with Crippen LogP contribution in [0.4, 0.5) is 0 Å². The number of hydrogen-bond acceptors (Lipinski definition) is 2. The van der Waals surface area contributed by atoms with E-state index in [1.807, 2.05) is 0 Å². The van der Waals surface area contributed by atoms with Gasteiger partial charge < -0.3 is 9.88 Å². The number of nitrogens with zero attached hydrogens (tertiary/aromatic N) is 2. The standard InChI is InChI=1S/C13H19N3O/c17-13(12-14-7-8-15-12)16(11-5-6-11)9-10-3-1-2-4-10/h7-8,10-11H,1-6,9H2,(H,14,15). The highest BCUT2D eigenvalue weighted by molar-refractivity contribution is 5.90. The Hall–Kier alpha value is -1.32. The van der Waals surface area contributed by atoms with Crippen molar-refractivity contribution < 1.29 is 4.79 Å². The average molecular weight is 233 g/mol. The van der Waals surface area contributed by atoms with Gasteiger partial charge in [-0.05, 0) is 31.6 Å². The molecule has 2 saturated carbocycles. The molecular formula is C13H19N3O. The van der Waals surface area contributed by atoms with Crippen LogP contribution in [0.5, 0.6) is 0 Å². The Morgan fingerprint density at radius 3 is 2.71 bits per heavy atom. The molecule has 4 nitrogen and oxygen atoms in total. The summed E-state index contributed by atoms with van der Waals surface area (Å²) in [5.41, 5.74) is 0. The third-order valence-corrected chi connectivity index (χ3v) is 3.88. The second-order valence-electron chi connectivity index (χ2n) is 5.28. The Balaban J connectivity index is 1.69. The van der Waals surface area contributed by atoms with Crippen LogP contribution < -0.4 is 0 Å². The minimum atomic E-state index is 0.0874. The van der Waals surface area contributed by atoms with Crippen LogP contribution in [0, 0.1) is 5.92 Å². The first-order chi connectivity index (χ1) is 8.34. The minimum absolute atomic E-state index is 0.0874. The molecule has 1 aromatic heterocycles. The van der Waals surface area contributed by atoms with E-state index in [0.717, 1.165) is 12.5 Å². The van der Waals surface area contributed by atoms with Gasteiger partial charge in [-0.15, -0.1) is 0 Å². The lowest BCUT2D eigenvalue weighted by atomic mass is 10.1. The summed E-state index contributed by atoms with van der Waals surface area (Å²) in [6.45, 7) is 0.935. The molecule has 0 bridgehead atoms. The van der Waals surface area contributed by atoms with Gasteiger partial charge in [0, 0.05) is 25.0 Å². The fourth-order valence-electron chi connectivity index (χ4n) is 2.77. The van der Waals surface area contributed by atoms with E-state index < -0.39 is 0 Å². The highest BCUT2D eigenvalue weighted by Crippen LogP contribution is 2.32. The maximum Gasteiger partial charge on any atom is 0.289 e. The Labute approximate surface area is 101 Å². The SMILES string of the molecule is O=C(c1ncc[nH]1)N(CC1CCCC1)C1CC1. The fourth-order valence-corrected chi connectivity index (χ4v) is 2.77. The number of hydrogen-bond donors (Lipinski definition) is 1. The van der Waals surface area contributed by atoms with Gasteiger partial charge in [-0.25, -0.2) is 4.98 Å². The van der Waals surface area contributed by atoms with E-state index in [9.17, 15) is 4.79 Å². The summed E-state index contributed by atoms with van der Waals surface area (Å²) in [5.74, 6) is 1.30. The van der Waals surface area contributed by atoms with Crippen molar-refractivity contribution in [1.29, 1.82) is 0 Å². The molecule has 1 aromatic rings. The average Bonchev–Trinajstić information content (AvgIpc) is 2.86. The van der Waals surface area contributed by atoms with Gasteiger partial charge in [-0.1, -0.05) is 12.8 Å². The van der Waals surface area contributed by atoms with E-state index in [1.54, 1.807) is 12.4 Å². The van der Waals surface area contributed by atoms with Gasteiger partial charge >= 0.3 is 0 Å². The molecule has 0 aromatic carbocycles. The first kappa shape index (κ1) is 10.8. The zero-order valence-electron chi connectivity index (χ0n) is 10.1. The molecular weight excluding hydrogens is 214 g/mol. The molecule has 92 valence electrons. The van der Waals surface area contributed by atoms with Crippen LogP contribution in [0.25, 0.3) is 0 Å². The normalized spacial score (nSPS) is 20.7. The zero-order chi connectivity index (χ0) is 11.7. The summed E-state index contributed by atoms with van der Waals surface area (Å²) < 4.78 is 0.